The number of halogens is 2. The summed E-state index contributed by atoms with van der Waals surface area (Å²) in [4.78, 5) is 6.63. The van der Waals surface area contributed by atoms with Crippen LogP contribution < -0.4 is 0 Å². The molecule has 0 aliphatic carbocycles. The molecule has 5 heteroatoms. The lowest BCUT2D eigenvalue weighted by molar-refractivity contribution is 0.0378. The molecule has 1 fully saturated rings. The number of aromatic nitrogens is 1. The van der Waals surface area contributed by atoms with Gasteiger partial charge in [-0.25, -0.2) is 0 Å². The highest BCUT2D eigenvalue weighted by Crippen LogP contribution is 2.34. The van der Waals surface area contributed by atoms with E-state index in [1.54, 1.807) is 12.3 Å². The first-order valence-corrected chi connectivity index (χ1v) is 7.47. The van der Waals surface area contributed by atoms with Gasteiger partial charge in [0, 0.05) is 19.3 Å². The van der Waals surface area contributed by atoms with Crippen LogP contribution in [0.5, 0.6) is 0 Å². The van der Waals surface area contributed by atoms with E-state index >= 15 is 0 Å². The SMILES string of the molecule is CCC1(CO)CCN(Cc2ncc(Cl)cc2Cl)CC1. The maximum atomic E-state index is 9.53. The molecule has 0 saturated carbocycles. The molecule has 0 amide bonds. The zero-order valence-electron chi connectivity index (χ0n) is 11.2. The summed E-state index contributed by atoms with van der Waals surface area (Å²) in [5, 5.41) is 10.7. The fourth-order valence-corrected chi connectivity index (χ4v) is 3.02. The Morgan fingerprint density at radius 3 is 2.58 bits per heavy atom. The van der Waals surface area contributed by atoms with E-state index in [-0.39, 0.29) is 12.0 Å². The summed E-state index contributed by atoms with van der Waals surface area (Å²) in [5.41, 5.74) is 0.993. The molecule has 0 unspecified atom stereocenters. The predicted octanol–water partition coefficient (Wildman–Crippen LogP) is 3.37. The van der Waals surface area contributed by atoms with Crippen molar-refractivity contribution in [1.82, 2.24) is 9.88 Å². The third-order valence-corrected chi connectivity index (χ3v) is 4.79. The van der Waals surface area contributed by atoms with Crippen molar-refractivity contribution in [3.63, 3.8) is 0 Å². The largest absolute Gasteiger partial charge is 0.396 e. The van der Waals surface area contributed by atoms with E-state index < -0.39 is 0 Å². The number of aliphatic hydroxyl groups excluding tert-OH is 1. The average molecular weight is 303 g/mol. The van der Waals surface area contributed by atoms with Crippen LogP contribution in [0.25, 0.3) is 0 Å². The van der Waals surface area contributed by atoms with Crippen molar-refractivity contribution < 1.29 is 5.11 Å². The van der Waals surface area contributed by atoms with Gasteiger partial charge in [0.1, 0.15) is 0 Å². The second-order valence-electron chi connectivity index (χ2n) is 5.37. The van der Waals surface area contributed by atoms with E-state index in [4.69, 9.17) is 23.2 Å². The topological polar surface area (TPSA) is 36.4 Å². The molecule has 0 bridgehead atoms. The first kappa shape index (κ1) is 15.0. The van der Waals surface area contributed by atoms with Crippen molar-refractivity contribution in [3.05, 3.63) is 28.0 Å². The van der Waals surface area contributed by atoms with E-state index in [0.29, 0.717) is 10.0 Å². The summed E-state index contributed by atoms with van der Waals surface area (Å²) in [6.45, 7) is 5.16. The highest BCUT2D eigenvalue weighted by Gasteiger charge is 2.32. The number of pyridine rings is 1. The van der Waals surface area contributed by atoms with Gasteiger partial charge in [-0.05, 0) is 43.8 Å². The standard InChI is InChI=1S/C14H20Cl2N2O/c1-2-14(10-19)3-5-18(6-4-14)9-13-12(16)7-11(15)8-17-13/h7-8,19H,2-6,9-10H2,1H3. The first-order valence-electron chi connectivity index (χ1n) is 6.72. The zero-order chi connectivity index (χ0) is 13.9. The molecule has 0 radical (unpaired) electrons. The van der Waals surface area contributed by atoms with Crippen molar-refractivity contribution in [2.24, 2.45) is 5.41 Å². The van der Waals surface area contributed by atoms with Gasteiger partial charge >= 0.3 is 0 Å². The normalized spacial score (nSPS) is 19.6. The van der Waals surface area contributed by atoms with Crippen LogP contribution in [0.4, 0.5) is 0 Å². The minimum absolute atomic E-state index is 0.119. The maximum absolute atomic E-state index is 9.53. The van der Waals surface area contributed by atoms with E-state index in [0.717, 1.165) is 44.6 Å². The van der Waals surface area contributed by atoms with Crippen molar-refractivity contribution in [2.45, 2.75) is 32.7 Å². The van der Waals surface area contributed by atoms with Gasteiger partial charge in [-0.15, -0.1) is 0 Å². The smallest absolute Gasteiger partial charge is 0.0730 e. The summed E-state index contributed by atoms with van der Waals surface area (Å²) >= 11 is 12.0. The lowest BCUT2D eigenvalue weighted by Crippen LogP contribution is -2.41. The molecule has 106 valence electrons. The molecular formula is C14H20Cl2N2O. The molecule has 19 heavy (non-hydrogen) atoms. The van der Waals surface area contributed by atoms with E-state index in [9.17, 15) is 5.11 Å². The quantitative estimate of drug-likeness (QED) is 0.926. The number of hydrogen-bond acceptors (Lipinski definition) is 3. The van der Waals surface area contributed by atoms with Crippen LogP contribution in [0, 0.1) is 5.41 Å². The minimum atomic E-state index is 0.119. The van der Waals surface area contributed by atoms with Gasteiger partial charge in [-0.3, -0.25) is 9.88 Å². The molecule has 1 aromatic heterocycles. The van der Waals surface area contributed by atoms with Gasteiger partial charge in [0.15, 0.2) is 0 Å². The van der Waals surface area contributed by atoms with Crippen molar-refractivity contribution >= 4 is 23.2 Å². The molecule has 1 saturated heterocycles. The van der Waals surface area contributed by atoms with Crippen LogP contribution in [0.3, 0.4) is 0 Å². The summed E-state index contributed by atoms with van der Waals surface area (Å²) in [5.74, 6) is 0. The van der Waals surface area contributed by atoms with Gasteiger partial charge in [0.25, 0.3) is 0 Å². The Kier molecular flexibility index (Phi) is 5.07. The minimum Gasteiger partial charge on any atom is -0.396 e. The Labute approximate surface area is 124 Å². The van der Waals surface area contributed by atoms with Gasteiger partial charge in [-0.2, -0.15) is 0 Å². The summed E-state index contributed by atoms with van der Waals surface area (Å²) in [7, 11) is 0. The highest BCUT2D eigenvalue weighted by atomic mass is 35.5. The van der Waals surface area contributed by atoms with Crippen molar-refractivity contribution in [2.75, 3.05) is 19.7 Å². The van der Waals surface area contributed by atoms with Crippen LogP contribution in [0.2, 0.25) is 10.0 Å². The summed E-state index contributed by atoms with van der Waals surface area (Å²) in [6, 6.07) is 1.74. The van der Waals surface area contributed by atoms with Crippen LogP contribution in [-0.2, 0) is 6.54 Å². The van der Waals surface area contributed by atoms with Crippen LogP contribution >= 0.6 is 23.2 Å². The lowest BCUT2D eigenvalue weighted by atomic mass is 9.77. The second-order valence-corrected chi connectivity index (χ2v) is 6.21. The molecule has 3 nitrogen and oxygen atoms in total. The fourth-order valence-electron chi connectivity index (χ4n) is 2.58. The lowest BCUT2D eigenvalue weighted by Gasteiger charge is -2.40. The molecule has 1 N–H and O–H groups in total. The monoisotopic (exact) mass is 302 g/mol. The number of nitrogens with zero attached hydrogens (tertiary/aromatic N) is 2. The Balaban J connectivity index is 1.95. The van der Waals surface area contributed by atoms with Crippen LogP contribution in [-0.4, -0.2) is 34.7 Å². The van der Waals surface area contributed by atoms with Gasteiger partial charge in [-0.1, -0.05) is 30.1 Å². The molecular weight excluding hydrogens is 283 g/mol. The number of hydrogen-bond donors (Lipinski definition) is 1. The highest BCUT2D eigenvalue weighted by molar-refractivity contribution is 6.34. The molecule has 2 heterocycles. The van der Waals surface area contributed by atoms with E-state index in [1.807, 2.05) is 0 Å². The third-order valence-electron chi connectivity index (χ3n) is 4.26. The van der Waals surface area contributed by atoms with Crippen molar-refractivity contribution in [3.8, 4) is 0 Å². The fraction of sp³-hybridized carbons (Fsp3) is 0.643. The van der Waals surface area contributed by atoms with Crippen molar-refractivity contribution in [1.29, 1.82) is 0 Å². The second kappa shape index (κ2) is 6.40. The number of piperidine rings is 1. The summed E-state index contributed by atoms with van der Waals surface area (Å²) in [6.07, 6.45) is 4.74. The predicted molar refractivity (Wildman–Crippen MR) is 78.6 cm³/mol. The molecule has 0 atom stereocenters. The zero-order valence-corrected chi connectivity index (χ0v) is 12.7. The number of aliphatic hydroxyl groups is 1. The van der Waals surface area contributed by atoms with Crippen LogP contribution in [0.15, 0.2) is 12.3 Å². The Hall–Kier alpha value is -0.350. The maximum Gasteiger partial charge on any atom is 0.0730 e. The number of likely N-dealkylation sites (tertiary alicyclic amines) is 1. The molecule has 1 aliphatic rings. The Morgan fingerprint density at radius 1 is 1.37 bits per heavy atom. The Bertz CT molecular complexity index is 425. The summed E-state index contributed by atoms with van der Waals surface area (Å²) < 4.78 is 0. The van der Waals surface area contributed by atoms with Gasteiger partial charge < -0.3 is 5.11 Å². The molecule has 1 aliphatic heterocycles. The third kappa shape index (κ3) is 3.60. The Morgan fingerprint density at radius 2 is 2.05 bits per heavy atom. The number of rotatable bonds is 4. The van der Waals surface area contributed by atoms with Gasteiger partial charge in [0.05, 0.1) is 15.7 Å². The van der Waals surface area contributed by atoms with Gasteiger partial charge in [0.2, 0.25) is 0 Å². The molecule has 2 rings (SSSR count). The average Bonchev–Trinajstić information content (AvgIpc) is 2.43. The molecule has 0 spiro atoms. The van der Waals surface area contributed by atoms with E-state index in [1.165, 1.54) is 0 Å². The first-order chi connectivity index (χ1) is 9.08. The van der Waals surface area contributed by atoms with E-state index in [2.05, 4.69) is 16.8 Å². The van der Waals surface area contributed by atoms with Crippen LogP contribution in [0.1, 0.15) is 31.9 Å². The molecule has 1 aromatic rings. The molecule has 0 aromatic carbocycles.